The second-order valence-electron chi connectivity index (χ2n) is 5.05. The fourth-order valence-electron chi connectivity index (χ4n) is 1.85. The minimum absolute atomic E-state index is 0.0420. The molecule has 0 radical (unpaired) electrons. The van der Waals surface area contributed by atoms with Crippen molar-refractivity contribution in [3.8, 4) is 0 Å². The molecule has 6 nitrogen and oxygen atoms in total. The molecule has 0 aliphatic rings. The summed E-state index contributed by atoms with van der Waals surface area (Å²) in [6.07, 6.45) is 1.61. The second-order valence-corrected chi connectivity index (χ2v) is 7.59. The quantitative estimate of drug-likeness (QED) is 0.746. The van der Waals surface area contributed by atoms with E-state index in [1.165, 1.54) is 12.1 Å². The van der Waals surface area contributed by atoms with Gasteiger partial charge in [-0.3, -0.25) is 9.52 Å². The molecule has 0 unspecified atom stereocenters. The van der Waals surface area contributed by atoms with Gasteiger partial charge in [-0.15, -0.1) is 11.3 Å². The summed E-state index contributed by atoms with van der Waals surface area (Å²) in [5, 5.41) is 4.68. The molecule has 0 atom stereocenters. The van der Waals surface area contributed by atoms with E-state index in [-0.39, 0.29) is 15.9 Å². The molecule has 1 amide bonds. The van der Waals surface area contributed by atoms with Crippen molar-refractivity contribution >= 4 is 32.4 Å². The number of nitrogens with zero attached hydrogens (tertiary/aromatic N) is 1. The van der Waals surface area contributed by atoms with Crippen molar-refractivity contribution in [2.24, 2.45) is 0 Å². The van der Waals surface area contributed by atoms with Crippen molar-refractivity contribution in [1.29, 1.82) is 0 Å². The number of carbonyl (C=O) groups is 1. The molecule has 0 spiro atoms. The number of anilines is 1. The van der Waals surface area contributed by atoms with E-state index in [4.69, 9.17) is 0 Å². The molecule has 130 valence electrons. The lowest BCUT2D eigenvalue weighted by atomic mass is 10.2. The Balaban J connectivity index is 1.95. The lowest BCUT2D eigenvalue weighted by Gasteiger charge is -2.04. The molecule has 0 aliphatic carbocycles. The van der Waals surface area contributed by atoms with Crippen molar-refractivity contribution in [2.75, 3.05) is 11.3 Å². The van der Waals surface area contributed by atoms with Gasteiger partial charge in [0.2, 0.25) is 5.91 Å². The maximum absolute atomic E-state index is 12.9. The van der Waals surface area contributed by atoms with Crippen LogP contribution >= 0.6 is 11.3 Å². The molecule has 1 aromatic heterocycles. The SMILES string of the molecule is CCCNC(=O)CCc1csc(NS(=O)(=O)c2ccc(F)cc2)n1. The second kappa shape index (κ2) is 8.20. The number of halogens is 1. The van der Waals surface area contributed by atoms with Crippen LogP contribution in [0.3, 0.4) is 0 Å². The van der Waals surface area contributed by atoms with E-state index in [0.29, 0.717) is 25.1 Å². The standard InChI is InChI=1S/C15H18FN3O3S2/c1-2-9-17-14(20)8-5-12-10-23-15(18-12)19-24(21,22)13-6-3-11(16)4-7-13/h3-4,6-7,10H,2,5,8-9H2,1H3,(H,17,20)(H,18,19). The summed E-state index contributed by atoms with van der Waals surface area (Å²) in [7, 11) is -3.81. The largest absolute Gasteiger partial charge is 0.356 e. The maximum Gasteiger partial charge on any atom is 0.263 e. The monoisotopic (exact) mass is 371 g/mol. The first kappa shape index (κ1) is 18.3. The Morgan fingerprint density at radius 3 is 2.67 bits per heavy atom. The third-order valence-electron chi connectivity index (χ3n) is 3.08. The number of amides is 1. The molecule has 24 heavy (non-hydrogen) atoms. The number of nitrogens with one attached hydrogen (secondary N) is 2. The van der Waals surface area contributed by atoms with E-state index in [1.54, 1.807) is 5.38 Å². The minimum atomic E-state index is -3.81. The lowest BCUT2D eigenvalue weighted by Crippen LogP contribution is -2.24. The van der Waals surface area contributed by atoms with Crippen LogP contribution in [0.5, 0.6) is 0 Å². The molecule has 2 N–H and O–H groups in total. The van der Waals surface area contributed by atoms with Gasteiger partial charge < -0.3 is 5.32 Å². The van der Waals surface area contributed by atoms with Gasteiger partial charge in [0.05, 0.1) is 10.6 Å². The number of aryl methyl sites for hydroxylation is 1. The zero-order chi connectivity index (χ0) is 17.6. The van der Waals surface area contributed by atoms with Crippen LogP contribution in [0.15, 0.2) is 34.5 Å². The number of carbonyl (C=O) groups excluding carboxylic acids is 1. The van der Waals surface area contributed by atoms with E-state index in [0.717, 1.165) is 29.9 Å². The van der Waals surface area contributed by atoms with Crippen LogP contribution in [0.1, 0.15) is 25.5 Å². The third kappa shape index (κ3) is 5.27. The Labute approximate surface area is 144 Å². The topological polar surface area (TPSA) is 88.2 Å². The van der Waals surface area contributed by atoms with Crippen molar-refractivity contribution < 1.29 is 17.6 Å². The highest BCUT2D eigenvalue weighted by Gasteiger charge is 2.16. The van der Waals surface area contributed by atoms with Crippen LogP contribution in [0.4, 0.5) is 9.52 Å². The van der Waals surface area contributed by atoms with Crippen molar-refractivity contribution in [2.45, 2.75) is 31.1 Å². The third-order valence-corrected chi connectivity index (χ3v) is 5.37. The average Bonchev–Trinajstić information content (AvgIpc) is 2.98. The molecule has 0 saturated carbocycles. The highest BCUT2D eigenvalue weighted by atomic mass is 32.2. The van der Waals surface area contributed by atoms with Crippen LogP contribution in [0.2, 0.25) is 0 Å². The minimum Gasteiger partial charge on any atom is -0.356 e. The Bertz CT molecular complexity index is 789. The van der Waals surface area contributed by atoms with Gasteiger partial charge in [0.15, 0.2) is 5.13 Å². The average molecular weight is 371 g/mol. The molecule has 1 heterocycles. The first-order valence-electron chi connectivity index (χ1n) is 7.40. The summed E-state index contributed by atoms with van der Waals surface area (Å²) < 4.78 is 39.6. The molecule has 9 heteroatoms. The summed E-state index contributed by atoms with van der Waals surface area (Å²) in [5.41, 5.74) is 0.642. The fraction of sp³-hybridized carbons (Fsp3) is 0.333. The fourth-order valence-corrected chi connectivity index (χ4v) is 3.85. The number of thiazole rings is 1. The Morgan fingerprint density at radius 1 is 1.29 bits per heavy atom. The van der Waals surface area contributed by atoms with Gasteiger partial charge in [-0.05, 0) is 37.1 Å². The van der Waals surface area contributed by atoms with Gasteiger partial charge in [-0.2, -0.15) is 0 Å². The number of rotatable bonds is 8. The Kier molecular flexibility index (Phi) is 6.27. The lowest BCUT2D eigenvalue weighted by molar-refractivity contribution is -0.121. The Morgan fingerprint density at radius 2 is 2.00 bits per heavy atom. The molecule has 2 rings (SSSR count). The first-order valence-corrected chi connectivity index (χ1v) is 9.76. The van der Waals surface area contributed by atoms with E-state index in [9.17, 15) is 17.6 Å². The van der Waals surface area contributed by atoms with Gasteiger partial charge >= 0.3 is 0 Å². The van der Waals surface area contributed by atoms with Gasteiger partial charge in [0, 0.05) is 18.3 Å². The first-order chi connectivity index (χ1) is 11.4. The molecule has 1 aromatic carbocycles. The molecule has 0 fully saturated rings. The van der Waals surface area contributed by atoms with Gasteiger partial charge in [-0.1, -0.05) is 6.92 Å². The number of aromatic nitrogens is 1. The van der Waals surface area contributed by atoms with Crippen LogP contribution in [0, 0.1) is 5.82 Å². The number of benzene rings is 1. The van der Waals surface area contributed by atoms with Crippen LogP contribution in [-0.2, 0) is 21.2 Å². The normalized spacial score (nSPS) is 11.2. The summed E-state index contributed by atoms with van der Waals surface area (Å²) in [6, 6.07) is 4.53. The molecule has 0 bridgehead atoms. The number of hydrogen-bond donors (Lipinski definition) is 2. The molecule has 0 aliphatic heterocycles. The summed E-state index contributed by atoms with van der Waals surface area (Å²) in [6.45, 7) is 2.61. The van der Waals surface area contributed by atoms with Gasteiger partial charge in [0.25, 0.3) is 10.0 Å². The number of hydrogen-bond acceptors (Lipinski definition) is 5. The number of sulfonamides is 1. The van der Waals surface area contributed by atoms with E-state index < -0.39 is 15.8 Å². The van der Waals surface area contributed by atoms with Crippen molar-refractivity contribution in [3.05, 3.63) is 41.2 Å². The van der Waals surface area contributed by atoms with E-state index in [1.807, 2.05) is 6.92 Å². The molecule has 2 aromatic rings. The van der Waals surface area contributed by atoms with Crippen LogP contribution in [0.25, 0.3) is 0 Å². The van der Waals surface area contributed by atoms with Crippen molar-refractivity contribution in [1.82, 2.24) is 10.3 Å². The smallest absolute Gasteiger partial charge is 0.263 e. The zero-order valence-electron chi connectivity index (χ0n) is 13.1. The zero-order valence-corrected chi connectivity index (χ0v) is 14.7. The van der Waals surface area contributed by atoms with Crippen LogP contribution < -0.4 is 10.0 Å². The molecular formula is C15H18FN3O3S2. The summed E-state index contributed by atoms with van der Waals surface area (Å²) >= 11 is 1.14. The highest BCUT2D eigenvalue weighted by Crippen LogP contribution is 2.21. The maximum atomic E-state index is 12.9. The van der Waals surface area contributed by atoms with E-state index in [2.05, 4.69) is 15.0 Å². The summed E-state index contributed by atoms with van der Waals surface area (Å²) in [4.78, 5) is 15.7. The molecule has 0 saturated heterocycles. The highest BCUT2D eigenvalue weighted by molar-refractivity contribution is 7.93. The van der Waals surface area contributed by atoms with E-state index >= 15 is 0 Å². The van der Waals surface area contributed by atoms with Crippen LogP contribution in [-0.4, -0.2) is 25.9 Å². The van der Waals surface area contributed by atoms with Gasteiger partial charge in [0.1, 0.15) is 5.82 Å². The predicted octanol–water partition coefficient (Wildman–Crippen LogP) is 2.54. The van der Waals surface area contributed by atoms with Crippen molar-refractivity contribution in [3.63, 3.8) is 0 Å². The molecular weight excluding hydrogens is 353 g/mol. The van der Waals surface area contributed by atoms with Gasteiger partial charge in [-0.25, -0.2) is 17.8 Å². The predicted molar refractivity (Wildman–Crippen MR) is 90.9 cm³/mol. The summed E-state index contributed by atoms with van der Waals surface area (Å²) in [5.74, 6) is -0.565. The Hall–Kier alpha value is -2.00.